The van der Waals surface area contributed by atoms with E-state index < -0.39 is 5.41 Å². The predicted molar refractivity (Wildman–Crippen MR) is 101 cm³/mol. The zero-order valence-electron chi connectivity index (χ0n) is 15.4. The van der Waals surface area contributed by atoms with Crippen LogP contribution in [0.5, 0.6) is 0 Å². The van der Waals surface area contributed by atoms with Gasteiger partial charge in [-0.2, -0.15) is 5.26 Å². The SMILES string of the molecule is C[C@H]1CC(NC(=O)C2(CO)CC2)CN(c2ccc(C#N)c3nccnc23)C1. The van der Waals surface area contributed by atoms with Crippen LogP contribution in [-0.4, -0.2) is 46.7 Å². The van der Waals surface area contributed by atoms with Gasteiger partial charge in [-0.3, -0.25) is 14.8 Å². The molecule has 4 rings (SSSR count). The normalized spacial score (nSPS) is 23.7. The van der Waals surface area contributed by atoms with E-state index in [-0.39, 0.29) is 18.6 Å². The number of anilines is 1. The molecule has 1 amide bonds. The van der Waals surface area contributed by atoms with Crippen LogP contribution in [0.1, 0.15) is 31.7 Å². The van der Waals surface area contributed by atoms with Gasteiger partial charge in [-0.05, 0) is 37.3 Å². The number of aromatic nitrogens is 2. The molecule has 1 aromatic carbocycles. The number of nitrogens with zero attached hydrogens (tertiary/aromatic N) is 4. The van der Waals surface area contributed by atoms with Crippen molar-refractivity contribution in [3.8, 4) is 6.07 Å². The minimum absolute atomic E-state index is 0.0210. The molecule has 0 spiro atoms. The van der Waals surface area contributed by atoms with Crippen molar-refractivity contribution in [1.82, 2.24) is 15.3 Å². The summed E-state index contributed by atoms with van der Waals surface area (Å²) in [5.41, 5.74) is 2.21. The summed E-state index contributed by atoms with van der Waals surface area (Å²) < 4.78 is 0. The number of hydrogen-bond acceptors (Lipinski definition) is 6. The molecule has 1 aromatic heterocycles. The molecule has 2 fully saturated rings. The molecule has 1 unspecified atom stereocenters. The molecule has 0 bridgehead atoms. The summed E-state index contributed by atoms with van der Waals surface area (Å²) in [6.45, 7) is 3.62. The Morgan fingerprint density at radius 1 is 1.33 bits per heavy atom. The molecule has 1 saturated heterocycles. The summed E-state index contributed by atoms with van der Waals surface area (Å²) >= 11 is 0. The van der Waals surface area contributed by atoms with Crippen molar-refractivity contribution >= 4 is 22.6 Å². The van der Waals surface area contributed by atoms with E-state index in [0.29, 0.717) is 29.1 Å². The number of nitrogens with one attached hydrogen (secondary N) is 1. The zero-order valence-corrected chi connectivity index (χ0v) is 15.4. The van der Waals surface area contributed by atoms with Crippen molar-refractivity contribution in [2.45, 2.75) is 32.2 Å². The van der Waals surface area contributed by atoms with Crippen LogP contribution >= 0.6 is 0 Å². The lowest BCUT2D eigenvalue weighted by Crippen LogP contribution is -2.52. The largest absolute Gasteiger partial charge is 0.395 e. The van der Waals surface area contributed by atoms with Gasteiger partial charge in [0.05, 0.1) is 23.3 Å². The number of aliphatic hydroxyl groups excluding tert-OH is 1. The van der Waals surface area contributed by atoms with Gasteiger partial charge in [-0.1, -0.05) is 6.92 Å². The maximum Gasteiger partial charge on any atom is 0.228 e. The summed E-state index contributed by atoms with van der Waals surface area (Å²) in [7, 11) is 0. The Balaban J connectivity index is 1.60. The molecule has 2 N–H and O–H groups in total. The summed E-state index contributed by atoms with van der Waals surface area (Å²) in [6, 6.07) is 5.89. The number of carbonyl (C=O) groups is 1. The first-order valence-corrected chi connectivity index (χ1v) is 9.37. The molecule has 2 aliphatic rings. The molecule has 1 saturated carbocycles. The zero-order chi connectivity index (χ0) is 19.0. The number of amides is 1. The smallest absolute Gasteiger partial charge is 0.228 e. The van der Waals surface area contributed by atoms with E-state index in [0.717, 1.165) is 31.5 Å². The van der Waals surface area contributed by atoms with Gasteiger partial charge in [-0.25, -0.2) is 0 Å². The minimum Gasteiger partial charge on any atom is -0.395 e. The lowest BCUT2D eigenvalue weighted by atomic mass is 9.94. The van der Waals surface area contributed by atoms with Crippen molar-refractivity contribution in [1.29, 1.82) is 5.26 Å². The van der Waals surface area contributed by atoms with E-state index in [4.69, 9.17) is 0 Å². The van der Waals surface area contributed by atoms with Gasteiger partial charge in [0.25, 0.3) is 0 Å². The average molecular weight is 365 g/mol. The number of piperidine rings is 1. The Morgan fingerprint density at radius 2 is 2.07 bits per heavy atom. The Kier molecular flexibility index (Phi) is 4.44. The Hall–Kier alpha value is -2.72. The third-order valence-corrected chi connectivity index (χ3v) is 5.70. The highest BCUT2D eigenvalue weighted by Crippen LogP contribution is 2.45. The summed E-state index contributed by atoms with van der Waals surface area (Å²) in [6.07, 6.45) is 5.66. The summed E-state index contributed by atoms with van der Waals surface area (Å²) in [4.78, 5) is 23.5. The van der Waals surface area contributed by atoms with Gasteiger partial charge < -0.3 is 15.3 Å². The topological polar surface area (TPSA) is 102 Å². The molecule has 140 valence electrons. The van der Waals surface area contributed by atoms with Crippen LogP contribution in [0.25, 0.3) is 11.0 Å². The highest BCUT2D eigenvalue weighted by Gasteiger charge is 2.50. The Labute approximate surface area is 158 Å². The fourth-order valence-corrected chi connectivity index (χ4v) is 3.99. The third kappa shape index (κ3) is 3.21. The fourth-order valence-electron chi connectivity index (χ4n) is 3.99. The van der Waals surface area contributed by atoms with Crippen LogP contribution in [0.3, 0.4) is 0 Å². The van der Waals surface area contributed by atoms with Gasteiger partial charge in [0.2, 0.25) is 5.91 Å². The fraction of sp³-hybridized carbons (Fsp3) is 0.500. The molecule has 2 heterocycles. The maximum atomic E-state index is 12.5. The van der Waals surface area contributed by atoms with Crippen molar-refractivity contribution in [2.75, 3.05) is 24.6 Å². The van der Waals surface area contributed by atoms with Crippen LogP contribution < -0.4 is 10.2 Å². The minimum atomic E-state index is -0.557. The van der Waals surface area contributed by atoms with Crippen molar-refractivity contribution in [3.05, 3.63) is 30.1 Å². The van der Waals surface area contributed by atoms with Crippen molar-refractivity contribution in [3.63, 3.8) is 0 Å². The third-order valence-electron chi connectivity index (χ3n) is 5.70. The Bertz CT molecular complexity index is 918. The number of nitriles is 1. The van der Waals surface area contributed by atoms with Gasteiger partial charge in [0.15, 0.2) is 0 Å². The maximum absolute atomic E-state index is 12.5. The van der Waals surface area contributed by atoms with Gasteiger partial charge >= 0.3 is 0 Å². The monoisotopic (exact) mass is 365 g/mol. The second kappa shape index (κ2) is 6.78. The molecule has 27 heavy (non-hydrogen) atoms. The summed E-state index contributed by atoms with van der Waals surface area (Å²) in [5, 5.41) is 22.0. The molecule has 1 aliphatic heterocycles. The van der Waals surface area contributed by atoms with E-state index in [1.165, 1.54) is 0 Å². The van der Waals surface area contributed by atoms with Crippen LogP contribution in [-0.2, 0) is 4.79 Å². The highest BCUT2D eigenvalue weighted by atomic mass is 16.3. The highest BCUT2D eigenvalue weighted by molar-refractivity contribution is 5.92. The molecule has 7 nitrogen and oxygen atoms in total. The van der Waals surface area contributed by atoms with E-state index in [1.54, 1.807) is 18.5 Å². The number of rotatable bonds is 4. The van der Waals surface area contributed by atoms with E-state index in [1.807, 2.05) is 6.07 Å². The lowest BCUT2D eigenvalue weighted by Gasteiger charge is -2.39. The second-order valence-electron chi connectivity index (χ2n) is 7.85. The first kappa shape index (κ1) is 17.7. The van der Waals surface area contributed by atoms with Crippen molar-refractivity contribution < 1.29 is 9.90 Å². The molecule has 7 heteroatoms. The van der Waals surface area contributed by atoms with Crippen molar-refractivity contribution in [2.24, 2.45) is 11.3 Å². The number of aliphatic hydroxyl groups is 1. The number of carbonyl (C=O) groups excluding carboxylic acids is 1. The van der Waals surface area contributed by atoms with E-state index >= 15 is 0 Å². The van der Waals surface area contributed by atoms with Crippen LogP contribution in [0.2, 0.25) is 0 Å². The van der Waals surface area contributed by atoms with Gasteiger partial charge in [0, 0.05) is 31.5 Å². The van der Waals surface area contributed by atoms with Crippen LogP contribution in [0, 0.1) is 22.7 Å². The van der Waals surface area contributed by atoms with Crippen LogP contribution in [0.4, 0.5) is 5.69 Å². The molecule has 0 radical (unpaired) electrons. The van der Waals surface area contributed by atoms with E-state index in [2.05, 4.69) is 33.2 Å². The number of fused-ring (bicyclic) bond motifs is 1. The second-order valence-corrected chi connectivity index (χ2v) is 7.85. The molecule has 2 aromatic rings. The Morgan fingerprint density at radius 3 is 2.74 bits per heavy atom. The average Bonchev–Trinajstić information content (AvgIpc) is 3.48. The predicted octanol–water partition coefficient (Wildman–Crippen LogP) is 1.60. The van der Waals surface area contributed by atoms with Crippen LogP contribution in [0.15, 0.2) is 24.5 Å². The standard InChI is InChI=1S/C20H23N5O2/c1-13-8-15(24-19(27)20(12-26)4-5-20)11-25(10-13)16-3-2-14(9-21)17-18(16)23-7-6-22-17/h2-3,6-7,13,15,26H,4-5,8,10-12H2,1H3,(H,24,27)/t13-,15?/m0/s1. The number of hydrogen-bond donors (Lipinski definition) is 2. The quantitative estimate of drug-likeness (QED) is 0.853. The van der Waals surface area contributed by atoms with Gasteiger partial charge in [-0.15, -0.1) is 0 Å². The first-order valence-electron chi connectivity index (χ1n) is 9.37. The summed E-state index contributed by atoms with van der Waals surface area (Å²) in [5.74, 6) is 0.365. The molecular formula is C20H23N5O2. The van der Waals surface area contributed by atoms with E-state index in [9.17, 15) is 15.2 Å². The molecular weight excluding hydrogens is 342 g/mol. The molecule has 2 atom stereocenters. The number of benzene rings is 1. The lowest BCUT2D eigenvalue weighted by molar-refractivity contribution is -0.128. The molecule has 1 aliphatic carbocycles. The van der Waals surface area contributed by atoms with Gasteiger partial charge in [0.1, 0.15) is 17.1 Å². The first-order chi connectivity index (χ1) is 13.1.